The number of pyridine rings is 1. The number of hydrogen-bond acceptors (Lipinski definition) is 2. The Balaban J connectivity index is 2.31. The summed E-state index contributed by atoms with van der Waals surface area (Å²) in [6, 6.07) is 8.15. The quantitative estimate of drug-likeness (QED) is 0.914. The van der Waals surface area contributed by atoms with Crippen LogP contribution < -0.4 is 5.32 Å². The SMILES string of the molecule is CNC(Cc1ccncc1Cl)c1cccc(C)c1Cl. The van der Waals surface area contributed by atoms with Crippen LogP contribution in [0.1, 0.15) is 22.7 Å². The minimum Gasteiger partial charge on any atom is -0.313 e. The van der Waals surface area contributed by atoms with Gasteiger partial charge in [-0.25, -0.2) is 0 Å². The highest BCUT2D eigenvalue weighted by molar-refractivity contribution is 6.32. The average molecular weight is 295 g/mol. The number of rotatable bonds is 4. The predicted molar refractivity (Wildman–Crippen MR) is 80.9 cm³/mol. The van der Waals surface area contributed by atoms with Crippen LogP contribution in [0, 0.1) is 6.92 Å². The van der Waals surface area contributed by atoms with Gasteiger partial charge in [-0.3, -0.25) is 4.98 Å². The fourth-order valence-electron chi connectivity index (χ4n) is 2.10. The molecule has 2 rings (SSSR count). The molecule has 2 aromatic rings. The van der Waals surface area contributed by atoms with Crippen LogP contribution in [-0.2, 0) is 6.42 Å². The second kappa shape index (κ2) is 6.38. The van der Waals surface area contributed by atoms with E-state index in [0.29, 0.717) is 5.02 Å². The number of aromatic nitrogens is 1. The average Bonchev–Trinajstić information content (AvgIpc) is 2.41. The monoisotopic (exact) mass is 294 g/mol. The molecule has 0 radical (unpaired) electrons. The first-order chi connectivity index (χ1) is 9.13. The maximum Gasteiger partial charge on any atom is 0.0622 e. The molecule has 19 heavy (non-hydrogen) atoms. The third-order valence-corrected chi connectivity index (χ3v) is 4.08. The summed E-state index contributed by atoms with van der Waals surface area (Å²) < 4.78 is 0. The third kappa shape index (κ3) is 3.27. The van der Waals surface area contributed by atoms with E-state index in [1.54, 1.807) is 12.4 Å². The van der Waals surface area contributed by atoms with Gasteiger partial charge in [-0.1, -0.05) is 41.4 Å². The van der Waals surface area contributed by atoms with E-state index in [9.17, 15) is 0 Å². The Morgan fingerprint density at radius 1 is 1.26 bits per heavy atom. The normalized spacial score (nSPS) is 12.4. The van der Waals surface area contributed by atoms with Crippen molar-refractivity contribution in [3.63, 3.8) is 0 Å². The van der Waals surface area contributed by atoms with Gasteiger partial charge in [0.1, 0.15) is 0 Å². The zero-order valence-electron chi connectivity index (χ0n) is 11.0. The number of hydrogen-bond donors (Lipinski definition) is 1. The Morgan fingerprint density at radius 2 is 2.05 bits per heavy atom. The van der Waals surface area contributed by atoms with E-state index in [-0.39, 0.29) is 6.04 Å². The van der Waals surface area contributed by atoms with Crippen LogP contribution in [0.25, 0.3) is 0 Å². The molecule has 1 aromatic heterocycles. The van der Waals surface area contributed by atoms with Gasteiger partial charge in [0, 0.05) is 23.5 Å². The van der Waals surface area contributed by atoms with Crippen LogP contribution in [0.4, 0.5) is 0 Å². The molecule has 0 aliphatic rings. The number of benzene rings is 1. The summed E-state index contributed by atoms with van der Waals surface area (Å²) in [7, 11) is 1.93. The number of aryl methyl sites for hydroxylation is 1. The summed E-state index contributed by atoms with van der Waals surface area (Å²) >= 11 is 12.5. The first kappa shape index (κ1) is 14.3. The molecular formula is C15H16Cl2N2. The molecule has 4 heteroatoms. The Morgan fingerprint density at radius 3 is 2.74 bits per heavy atom. The van der Waals surface area contributed by atoms with Gasteiger partial charge in [0.05, 0.1) is 5.02 Å². The van der Waals surface area contributed by atoms with Gasteiger partial charge < -0.3 is 5.32 Å². The molecule has 0 amide bonds. The van der Waals surface area contributed by atoms with Crippen LogP contribution in [0.2, 0.25) is 10.0 Å². The van der Waals surface area contributed by atoms with E-state index in [0.717, 1.165) is 28.1 Å². The molecule has 1 aromatic carbocycles. The molecule has 0 aliphatic heterocycles. The second-order valence-electron chi connectivity index (χ2n) is 4.49. The van der Waals surface area contributed by atoms with Crippen molar-refractivity contribution in [2.75, 3.05) is 7.05 Å². The van der Waals surface area contributed by atoms with Crippen molar-refractivity contribution < 1.29 is 0 Å². The van der Waals surface area contributed by atoms with Crippen molar-refractivity contribution in [1.29, 1.82) is 0 Å². The molecule has 2 nitrogen and oxygen atoms in total. The molecule has 0 aliphatic carbocycles. The lowest BCUT2D eigenvalue weighted by atomic mass is 9.98. The minimum atomic E-state index is 0.132. The van der Waals surface area contributed by atoms with Crippen molar-refractivity contribution >= 4 is 23.2 Å². The Hall–Kier alpha value is -1.09. The lowest BCUT2D eigenvalue weighted by molar-refractivity contribution is 0.591. The number of halogens is 2. The van der Waals surface area contributed by atoms with Crippen LogP contribution >= 0.6 is 23.2 Å². The first-order valence-electron chi connectivity index (χ1n) is 6.14. The maximum absolute atomic E-state index is 6.39. The minimum absolute atomic E-state index is 0.132. The summed E-state index contributed by atoms with van der Waals surface area (Å²) in [6.45, 7) is 2.01. The first-order valence-corrected chi connectivity index (χ1v) is 6.89. The van der Waals surface area contributed by atoms with Gasteiger partial charge in [-0.05, 0) is 43.1 Å². The lowest BCUT2D eigenvalue weighted by Crippen LogP contribution is -2.19. The van der Waals surface area contributed by atoms with Crippen LogP contribution in [0.5, 0.6) is 0 Å². The molecule has 1 unspecified atom stereocenters. The summed E-state index contributed by atoms with van der Waals surface area (Å²) in [4.78, 5) is 4.00. The van der Waals surface area contributed by atoms with E-state index in [1.807, 2.05) is 38.2 Å². The smallest absolute Gasteiger partial charge is 0.0622 e. The summed E-state index contributed by atoms with van der Waals surface area (Å²) in [5, 5.41) is 4.80. The van der Waals surface area contributed by atoms with Crippen LogP contribution in [-0.4, -0.2) is 12.0 Å². The lowest BCUT2D eigenvalue weighted by Gasteiger charge is -2.19. The van der Waals surface area contributed by atoms with E-state index < -0.39 is 0 Å². The standard InChI is InChI=1S/C15H16Cl2N2/c1-10-4-3-5-12(15(10)17)14(18-2)8-11-6-7-19-9-13(11)16/h3-7,9,14,18H,8H2,1-2H3. The Labute approximate surface area is 123 Å². The maximum atomic E-state index is 6.39. The number of likely N-dealkylation sites (N-methyl/N-ethyl adjacent to an activating group) is 1. The molecule has 0 saturated heterocycles. The number of nitrogens with zero attached hydrogens (tertiary/aromatic N) is 1. The zero-order valence-corrected chi connectivity index (χ0v) is 12.5. The highest BCUT2D eigenvalue weighted by Gasteiger charge is 2.15. The van der Waals surface area contributed by atoms with Crippen molar-refractivity contribution in [3.8, 4) is 0 Å². The fraction of sp³-hybridized carbons (Fsp3) is 0.267. The summed E-state index contributed by atoms with van der Waals surface area (Å²) in [6.07, 6.45) is 4.20. The molecule has 0 bridgehead atoms. The highest BCUT2D eigenvalue weighted by atomic mass is 35.5. The number of nitrogens with one attached hydrogen (secondary N) is 1. The van der Waals surface area contributed by atoms with Crippen molar-refractivity contribution in [3.05, 3.63) is 63.4 Å². The molecule has 1 atom stereocenters. The van der Waals surface area contributed by atoms with E-state index in [1.165, 1.54) is 0 Å². The summed E-state index contributed by atoms with van der Waals surface area (Å²) in [5.41, 5.74) is 3.24. The second-order valence-corrected chi connectivity index (χ2v) is 5.28. The Kier molecular flexibility index (Phi) is 4.81. The molecule has 100 valence electrons. The predicted octanol–water partition coefficient (Wildman–Crippen LogP) is 4.20. The van der Waals surface area contributed by atoms with Gasteiger partial charge in [0.25, 0.3) is 0 Å². The highest BCUT2D eigenvalue weighted by Crippen LogP contribution is 2.29. The molecule has 1 N–H and O–H groups in total. The molecule has 0 fully saturated rings. The fourth-order valence-corrected chi connectivity index (χ4v) is 2.55. The molecule has 0 spiro atoms. The van der Waals surface area contributed by atoms with E-state index in [2.05, 4.69) is 10.3 Å². The van der Waals surface area contributed by atoms with Crippen molar-refractivity contribution in [2.24, 2.45) is 0 Å². The molecule has 0 saturated carbocycles. The van der Waals surface area contributed by atoms with E-state index in [4.69, 9.17) is 23.2 Å². The van der Waals surface area contributed by atoms with Gasteiger partial charge in [-0.2, -0.15) is 0 Å². The van der Waals surface area contributed by atoms with Gasteiger partial charge >= 0.3 is 0 Å². The topological polar surface area (TPSA) is 24.9 Å². The van der Waals surface area contributed by atoms with Gasteiger partial charge in [0.2, 0.25) is 0 Å². The largest absolute Gasteiger partial charge is 0.313 e. The molecule has 1 heterocycles. The van der Waals surface area contributed by atoms with Crippen molar-refractivity contribution in [1.82, 2.24) is 10.3 Å². The van der Waals surface area contributed by atoms with Gasteiger partial charge in [0.15, 0.2) is 0 Å². The third-order valence-electron chi connectivity index (χ3n) is 3.23. The van der Waals surface area contributed by atoms with Crippen LogP contribution in [0.3, 0.4) is 0 Å². The summed E-state index contributed by atoms with van der Waals surface area (Å²) in [5.74, 6) is 0. The molecular weight excluding hydrogens is 279 g/mol. The Bertz CT molecular complexity index is 570. The van der Waals surface area contributed by atoms with Crippen LogP contribution in [0.15, 0.2) is 36.7 Å². The van der Waals surface area contributed by atoms with Gasteiger partial charge in [-0.15, -0.1) is 0 Å². The zero-order chi connectivity index (χ0) is 13.8. The van der Waals surface area contributed by atoms with E-state index >= 15 is 0 Å². The van der Waals surface area contributed by atoms with Crippen molar-refractivity contribution in [2.45, 2.75) is 19.4 Å².